The Balaban J connectivity index is 1.61. The zero-order chi connectivity index (χ0) is 26.3. The lowest BCUT2D eigenvalue weighted by Crippen LogP contribution is -2.66. The first kappa shape index (κ1) is 27.6. The molecular weight excluding hydrogens is 499 g/mol. The Bertz CT molecular complexity index is 1070. The number of aliphatic hydroxyl groups excluding tert-OH is 2. The molecular formula is C27H31O9P. The molecule has 37 heavy (non-hydrogen) atoms. The second-order valence-electron chi connectivity index (χ2n) is 8.83. The summed E-state index contributed by atoms with van der Waals surface area (Å²) in [5.41, 5.74) is 2.37. The van der Waals surface area contributed by atoms with E-state index in [0.29, 0.717) is 0 Å². The number of phosphoric ester groups is 1. The Morgan fingerprint density at radius 3 is 1.19 bits per heavy atom. The number of hydrogen-bond donors (Lipinski definition) is 4. The first-order valence-corrected chi connectivity index (χ1v) is 13.4. The van der Waals surface area contributed by atoms with Crippen molar-refractivity contribution in [3.05, 3.63) is 108 Å². The van der Waals surface area contributed by atoms with E-state index in [4.69, 9.17) is 18.7 Å². The summed E-state index contributed by atoms with van der Waals surface area (Å²) < 4.78 is 34.8. The molecule has 0 bridgehead atoms. The summed E-state index contributed by atoms with van der Waals surface area (Å²) in [6.45, 7) is 0.132. The van der Waals surface area contributed by atoms with Gasteiger partial charge in [-0.15, -0.1) is 0 Å². The van der Waals surface area contributed by atoms with Crippen molar-refractivity contribution in [1.29, 1.82) is 0 Å². The molecule has 6 atom stereocenters. The second-order valence-corrected chi connectivity index (χ2v) is 10.0. The summed E-state index contributed by atoms with van der Waals surface area (Å²) in [5.74, 6) is 0. The Morgan fingerprint density at radius 1 is 0.541 bits per heavy atom. The molecule has 9 nitrogen and oxygen atoms in total. The third-order valence-corrected chi connectivity index (χ3v) is 6.63. The van der Waals surface area contributed by atoms with E-state index in [1.165, 1.54) is 0 Å². The van der Waals surface area contributed by atoms with E-state index in [1.54, 1.807) is 0 Å². The highest BCUT2D eigenvalue weighted by molar-refractivity contribution is 7.46. The molecule has 4 N–H and O–H groups in total. The average molecular weight is 531 g/mol. The zero-order valence-corrected chi connectivity index (χ0v) is 20.9. The molecule has 2 unspecified atom stereocenters. The van der Waals surface area contributed by atoms with Gasteiger partial charge in [0.15, 0.2) is 0 Å². The lowest BCUT2D eigenvalue weighted by atomic mass is 9.84. The van der Waals surface area contributed by atoms with Crippen LogP contribution in [0.3, 0.4) is 0 Å². The number of phosphoric acid groups is 1. The van der Waals surface area contributed by atoms with Crippen LogP contribution in [0.25, 0.3) is 0 Å². The van der Waals surface area contributed by atoms with Gasteiger partial charge in [0.05, 0.1) is 19.8 Å². The molecule has 1 aliphatic rings. The molecule has 0 saturated heterocycles. The first-order chi connectivity index (χ1) is 17.8. The van der Waals surface area contributed by atoms with Gasteiger partial charge in [-0.25, -0.2) is 4.57 Å². The molecule has 0 aromatic heterocycles. The summed E-state index contributed by atoms with van der Waals surface area (Å²) in [6, 6.07) is 27.5. The van der Waals surface area contributed by atoms with Gasteiger partial charge in [0.1, 0.15) is 36.6 Å². The first-order valence-electron chi connectivity index (χ1n) is 11.9. The van der Waals surface area contributed by atoms with Crippen molar-refractivity contribution < 1.29 is 43.3 Å². The maximum atomic E-state index is 11.9. The van der Waals surface area contributed by atoms with Crippen molar-refractivity contribution in [3.8, 4) is 0 Å². The molecule has 0 spiro atoms. The predicted octanol–water partition coefficient (Wildman–Crippen LogP) is 2.96. The van der Waals surface area contributed by atoms with Crippen LogP contribution in [0.15, 0.2) is 91.0 Å². The lowest BCUT2D eigenvalue weighted by molar-refractivity contribution is -0.258. The van der Waals surface area contributed by atoms with Crippen LogP contribution < -0.4 is 0 Å². The van der Waals surface area contributed by atoms with Crippen molar-refractivity contribution in [3.63, 3.8) is 0 Å². The van der Waals surface area contributed by atoms with Gasteiger partial charge in [0.2, 0.25) is 0 Å². The minimum atomic E-state index is -5.06. The van der Waals surface area contributed by atoms with E-state index in [0.717, 1.165) is 16.7 Å². The van der Waals surface area contributed by atoms with Crippen LogP contribution in [0.1, 0.15) is 16.7 Å². The highest BCUT2D eigenvalue weighted by Gasteiger charge is 2.54. The highest BCUT2D eigenvalue weighted by Crippen LogP contribution is 2.43. The van der Waals surface area contributed by atoms with Crippen molar-refractivity contribution in [2.75, 3.05) is 0 Å². The fraction of sp³-hybridized carbons (Fsp3) is 0.333. The summed E-state index contributed by atoms with van der Waals surface area (Å²) in [4.78, 5) is 19.3. The van der Waals surface area contributed by atoms with E-state index in [2.05, 4.69) is 0 Å². The zero-order valence-electron chi connectivity index (χ0n) is 20.0. The molecule has 4 rings (SSSR count). The maximum absolute atomic E-state index is 11.9. The molecule has 3 aromatic rings. The number of aliphatic hydroxyl groups is 2. The van der Waals surface area contributed by atoms with Crippen molar-refractivity contribution in [2.24, 2.45) is 0 Å². The molecule has 0 amide bonds. The Kier molecular flexibility index (Phi) is 9.61. The largest absolute Gasteiger partial charge is 0.470 e. The van der Waals surface area contributed by atoms with E-state index >= 15 is 0 Å². The molecule has 1 aliphatic carbocycles. The van der Waals surface area contributed by atoms with Crippen LogP contribution in [0.4, 0.5) is 0 Å². The summed E-state index contributed by atoms with van der Waals surface area (Å²) in [6.07, 6.45) is -8.19. The lowest BCUT2D eigenvalue weighted by Gasteiger charge is -2.46. The van der Waals surface area contributed by atoms with E-state index in [-0.39, 0.29) is 19.8 Å². The van der Waals surface area contributed by atoms with E-state index in [1.807, 2.05) is 91.0 Å². The van der Waals surface area contributed by atoms with Gasteiger partial charge in [0, 0.05) is 0 Å². The summed E-state index contributed by atoms with van der Waals surface area (Å²) in [5, 5.41) is 22.5. The Labute approximate surface area is 215 Å². The van der Waals surface area contributed by atoms with Gasteiger partial charge in [-0.2, -0.15) is 0 Å². The SMILES string of the molecule is O=P(O)(O)OC1[C@@H](OCc2ccccc2)[C@H](O)C(OCc2ccccc2)[C@H](O)[C@H]1OCc1ccccc1. The highest BCUT2D eigenvalue weighted by atomic mass is 31.2. The number of benzene rings is 3. The topological polar surface area (TPSA) is 135 Å². The number of rotatable bonds is 11. The summed E-state index contributed by atoms with van der Waals surface area (Å²) in [7, 11) is -5.06. The fourth-order valence-corrected chi connectivity index (χ4v) is 4.87. The molecule has 3 aromatic carbocycles. The van der Waals surface area contributed by atoms with Gasteiger partial charge in [-0.05, 0) is 16.7 Å². The Hall–Kier alpha value is -2.43. The molecule has 0 aliphatic heterocycles. The smallest absolute Gasteiger partial charge is 0.387 e. The standard InChI is InChI=1S/C27H31O9P/c28-22-24(33-16-19-10-4-1-5-11-19)23(29)26(35-18-21-14-8-3-9-15-21)27(36-37(30,31)32)25(22)34-17-20-12-6-2-7-13-20/h1-15,22-29H,16-18H2,(H2,30,31,32)/t22-,23+,24?,25+,26-,27?. The predicted molar refractivity (Wildman–Crippen MR) is 134 cm³/mol. The van der Waals surface area contributed by atoms with Crippen molar-refractivity contribution >= 4 is 7.82 Å². The van der Waals surface area contributed by atoms with Crippen LogP contribution in [-0.2, 0) is 43.1 Å². The van der Waals surface area contributed by atoms with Gasteiger partial charge < -0.3 is 34.2 Å². The normalized spacial score (nSPS) is 26.2. The van der Waals surface area contributed by atoms with Crippen LogP contribution >= 0.6 is 7.82 Å². The van der Waals surface area contributed by atoms with Gasteiger partial charge in [-0.3, -0.25) is 4.52 Å². The van der Waals surface area contributed by atoms with E-state index < -0.39 is 44.4 Å². The molecule has 198 valence electrons. The van der Waals surface area contributed by atoms with Crippen LogP contribution in [0.2, 0.25) is 0 Å². The number of ether oxygens (including phenoxy) is 3. The van der Waals surface area contributed by atoms with Crippen molar-refractivity contribution in [2.45, 2.75) is 56.4 Å². The minimum absolute atomic E-state index is 0.0243. The molecule has 1 fully saturated rings. The third kappa shape index (κ3) is 7.78. The Morgan fingerprint density at radius 2 is 0.865 bits per heavy atom. The van der Waals surface area contributed by atoms with Gasteiger partial charge in [-0.1, -0.05) is 91.0 Å². The van der Waals surface area contributed by atoms with Crippen LogP contribution in [0, 0.1) is 0 Å². The fourth-order valence-electron chi connectivity index (χ4n) is 4.31. The van der Waals surface area contributed by atoms with Gasteiger partial charge >= 0.3 is 7.82 Å². The number of hydrogen-bond acceptors (Lipinski definition) is 7. The quantitative estimate of drug-likeness (QED) is 0.276. The average Bonchev–Trinajstić information content (AvgIpc) is 2.89. The van der Waals surface area contributed by atoms with Crippen LogP contribution in [-0.4, -0.2) is 56.6 Å². The molecule has 10 heteroatoms. The van der Waals surface area contributed by atoms with Gasteiger partial charge in [0.25, 0.3) is 0 Å². The minimum Gasteiger partial charge on any atom is -0.387 e. The van der Waals surface area contributed by atoms with Crippen LogP contribution in [0.5, 0.6) is 0 Å². The second kappa shape index (κ2) is 12.9. The van der Waals surface area contributed by atoms with Crippen molar-refractivity contribution in [1.82, 2.24) is 0 Å². The maximum Gasteiger partial charge on any atom is 0.470 e. The third-order valence-electron chi connectivity index (χ3n) is 6.11. The molecule has 0 radical (unpaired) electrons. The molecule has 0 heterocycles. The summed E-state index contributed by atoms with van der Waals surface area (Å²) >= 11 is 0. The molecule has 1 saturated carbocycles. The van der Waals surface area contributed by atoms with E-state index in [9.17, 15) is 24.6 Å². The monoisotopic (exact) mass is 530 g/mol.